The van der Waals surface area contributed by atoms with Gasteiger partial charge in [-0.15, -0.1) is 0 Å². The van der Waals surface area contributed by atoms with Gasteiger partial charge in [-0.05, 0) is 27.7 Å². The first-order valence-corrected chi connectivity index (χ1v) is 8.24. The van der Waals surface area contributed by atoms with Gasteiger partial charge in [0.2, 0.25) is 11.8 Å². The lowest BCUT2D eigenvalue weighted by Gasteiger charge is -2.32. The summed E-state index contributed by atoms with van der Waals surface area (Å²) in [5, 5.41) is 0. The van der Waals surface area contributed by atoms with Crippen molar-refractivity contribution in [1.82, 2.24) is 19.4 Å². The van der Waals surface area contributed by atoms with Crippen LogP contribution in [0.4, 0.5) is 0 Å². The van der Waals surface area contributed by atoms with E-state index in [-0.39, 0.29) is 41.8 Å². The van der Waals surface area contributed by atoms with Crippen LogP contribution in [0.1, 0.15) is 44.3 Å². The second-order valence-electron chi connectivity index (χ2n) is 7.72. The highest BCUT2D eigenvalue weighted by Crippen LogP contribution is 2.29. The van der Waals surface area contributed by atoms with Crippen LogP contribution in [0.15, 0.2) is 4.79 Å². The molecule has 2 aliphatic rings. The van der Waals surface area contributed by atoms with E-state index in [2.05, 4.69) is 4.98 Å². The van der Waals surface area contributed by atoms with Crippen molar-refractivity contribution in [3.05, 3.63) is 27.4 Å². The molecule has 1 atom stereocenters. The van der Waals surface area contributed by atoms with Gasteiger partial charge in [-0.3, -0.25) is 19.0 Å². The molecule has 0 unspecified atom stereocenters. The van der Waals surface area contributed by atoms with Crippen LogP contribution in [-0.2, 0) is 29.7 Å². The molecule has 0 N–H and O–H groups in total. The van der Waals surface area contributed by atoms with Crippen LogP contribution in [0, 0.1) is 12.8 Å². The first kappa shape index (κ1) is 16.7. The fourth-order valence-corrected chi connectivity index (χ4v) is 3.46. The number of fused-ring (bicyclic) bond motifs is 1. The topological polar surface area (TPSA) is 75.5 Å². The van der Waals surface area contributed by atoms with E-state index in [1.54, 1.807) is 23.8 Å². The summed E-state index contributed by atoms with van der Waals surface area (Å²) in [6, 6.07) is 0. The quantitative estimate of drug-likeness (QED) is 0.754. The molecule has 2 aliphatic heterocycles. The molecule has 3 rings (SSSR count). The predicted molar refractivity (Wildman–Crippen MR) is 88.0 cm³/mol. The molecular weight excluding hydrogens is 308 g/mol. The second-order valence-corrected chi connectivity index (χ2v) is 7.72. The Hall–Kier alpha value is -2.18. The predicted octanol–water partition coefficient (Wildman–Crippen LogP) is 0.578. The summed E-state index contributed by atoms with van der Waals surface area (Å²) in [6.45, 7) is 8.78. The highest BCUT2D eigenvalue weighted by Gasteiger charge is 2.42. The molecule has 3 heterocycles. The number of nitrogens with zero attached hydrogens (tertiary/aromatic N) is 4. The van der Waals surface area contributed by atoms with Crippen molar-refractivity contribution in [3.8, 4) is 0 Å². The number of carbonyl (C=O) groups is 2. The zero-order chi connectivity index (χ0) is 17.8. The maximum atomic E-state index is 12.8. The lowest BCUT2D eigenvalue weighted by atomic mass is 10.1. The van der Waals surface area contributed by atoms with Crippen molar-refractivity contribution in [1.29, 1.82) is 0 Å². The third kappa shape index (κ3) is 2.61. The average Bonchev–Trinajstić information content (AvgIpc) is 3.07. The first-order chi connectivity index (χ1) is 11.1. The molecule has 1 saturated heterocycles. The summed E-state index contributed by atoms with van der Waals surface area (Å²) in [6.07, 6.45) is 0.243. The van der Waals surface area contributed by atoms with Crippen molar-refractivity contribution < 1.29 is 9.59 Å². The van der Waals surface area contributed by atoms with Gasteiger partial charge in [-0.2, -0.15) is 0 Å². The monoisotopic (exact) mass is 332 g/mol. The maximum Gasteiger partial charge on any atom is 0.258 e. The van der Waals surface area contributed by atoms with E-state index in [0.29, 0.717) is 30.2 Å². The molecule has 1 aromatic heterocycles. The van der Waals surface area contributed by atoms with Gasteiger partial charge in [0.05, 0.1) is 30.3 Å². The van der Waals surface area contributed by atoms with E-state index >= 15 is 0 Å². The lowest BCUT2D eigenvalue weighted by molar-refractivity contribution is -0.136. The van der Waals surface area contributed by atoms with Crippen LogP contribution >= 0.6 is 0 Å². The molecule has 2 amide bonds. The smallest absolute Gasteiger partial charge is 0.258 e. The van der Waals surface area contributed by atoms with Crippen molar-refractivity contribution in [2.75, 3.05) is 6.54 Å². The van der Waals surface area contributed by atoms with Crippen molar-refractivity contribution in [2.24, 2.45) is 13.0 Å². The average molecular weight is 332 g/mol. The zero-order valence-corrected chi connectivity index (χ0v) is 14.9. The molecule has 1 aromatic rings. The van der Waals surface area contributed by atoms with E-state index in [0.717, 1.165) is 0 Å². The number of carbonyl (C=O) groups excluding carboxylic acids is 2. The minimum absolute atomic E-state index is 0.0162. The van der Waals surface area contributed by atoms with Gasteiger partial charge in [0.25, 0.3) is 5.56 Å². The molecule has 0 aromatic carbocycles. The Labute approximate surface area is 141 Å². The van der Waals surface area contributed by atoms with Gasteiger partial charge in [0.1, 0.15) is 5.82 Å². The van der Waals surface area contributed by atoms with Crippen LogP contribution in [0.3, 0.4) is 0 Å². The number of hydrogen-bond donors (Lipinski definition) is 0. The number of aryl methyl sites for hydroxylation is 1. The van der Waals surface area contributed by atoms with Crippen molar-refractivity contribution in [3.63, 3.8) is 0 Å². The van der Waals surface area contributed by atoms with E-state index in [9.17, 15) is 14.4 Å². The normalized spacial score (nSPS) is 20.7. The molecule has 7 heteroatoms. The summed E-state index contributed by atoms with van der Waals surface area (Å²) in [4.78, 5) is 45.2. The third-order valence-corrected chi connectivity index (χ3v) is 4.98. The van der Waals surface area contributed by atoms with E-state index in [4.69, 9.17) is 0 Å². The maximum absolute atomic E-state index is 12.8. The SMILES string of the molecule is Cc1nc2c(c(=O)n1C)CN(C(=O)[C@H]1CC(=O)N(C(C)(C)C)C1)C2. The molecular formula is C17H24N4O3. The Bertz CT molecular complexity index is 775. The highest BCUT2D eigenvalue weighted by atomic mass is 16.2. The number of likely N-dealkylation sites (tertiary alicyclic amines) is 1. The number of hydrogen-bond acceptors (Lipinski definition) is 4. The standard InChI is InChI=1S/C17H24N4O3/c1-10-18-13-9-20(8-12(13)16(24)19(10)5)15(23)11-6-14(22)21(7-11)17(2,3)4/h11H,6-9H2,1-5H3/t11-/m0/s1. The Morgan fingerprint density at radius 1 is 1.21 bits per heavy atom. The van der Waals surface area contributed by atoms with Crippen LogP contribution in [0.25, 0.3) is 0 Å². The lowest BCUT2D eigenvalue weighted by Crippen LogP contribution is -2.43. The van der Waals surface area contributed by atoms with Crippen LogP contribution < -0.4 is 5.56 Å². The molecule has 0 spiro atoms. The van der Waals surface area contributed by atoms with Gasteiger partial charge in [-0.1, -0.05) is 0 Å². The fraction of sp³-hybridized carbons (Fsp3) is 0.647. The van der Waals surface area contributed by atoms with E-state index in [1.165, 1.54) is 4.57 Å². The molecule has 7 nitrogen and oxygen atoms in total. The Morgan fingerprint density at radius 3 is 2.46 bits per heavy atom. The van der Waals surface area contributed by atoms with Gasteiger partial charge < -0.3 is 9.80 Å². The van der Waals surface area contributed by atoms with Gasteiger partial charge in [-0.25, -0.2) is 4.98 Å². The molecule has 0 aliphatic carbocycles. The van der Waals surface area contributed by atoms with Crippen LogP contribution in [0.5, 0.6) is 0 Å². The Kier molecular flexibility index (Phi) is 3.77. The summed E-state index contributed by atoms with van der Waals surface area (Å²) in [5.74, 6) is 0.259. The summed E-state index contributed by atoms with van der Waals surface area (Å²) in [7, 11) is 1.69. The number of rotatable bonds is 1. The number of aromatic nitrogens is 2. The first-order valence-electron chi connectivity index (χ1n) is 8.24. The second kappa shape index (κ2) is 5.43. The van der Waals surface area contributed by atoms with Gasteiger partial charge >= 0.3 is 0 Å². The largest absolute Gasteiger partial charge is 0.337 e. The summed E-state index contributed by atoms with van der Waals surface area (Å²) < 4.78 is 1.51. The van der Waals surface area contributed by atoms with Crippen molar-refractivity contribution >= 4 is 11.8 Å². The molecule has 1 fully saturated rings. The van der Waals surface area contributed by atoms with E-state index in [1.807, 2.05) is 20.8 Å². The van der Waals surface area contributed by atoms with Crippen molar-refractivity contribution in [2.45, 2.75) is 52.7 Å². The Morgan fingerprint density at radius 2 is 1.88 bits per heavy atom. The Balaban J connectivity index is 1.78. The fourth-order valence-electron chi connectivity index (χ4n) is 3.46. The van der Waals surface area contributed by atoms with Gasteiger partial charge in [0.15, 0.2) is 0 Å². The summed E-state index contributed by atoms with van der Waals surface area (Å²) in [5.41, 5.74) is 0.898. The molecule has 130 valence electrons. The molecule has 24 heavy (non-hydrogen) atoms. The van der Waals surface area contributed by atoms with Gasteiger partial charge in [0, 0.05) is 25.6 Å². The third-order valence-electron chi connectivity index (χ3n) is 4.98. The zero-order valence-electron chi connectivity index (χ0n) is 14.9. The van der Waals surface area contributed by atoms with Crippen LogP contribution in [0.2, 0.25) is 0 Å². The molecule has 0 saturated carbocycles. The minimum atomic E-state index is -0.337. The molecule has 0 bridgehead atoms. The number of amides is 2. The van der Waals surface area contributed by atoms with Crippen LogP contribution in [-0.4, -0.2) is 43.2 Å². The highest BCUT2D eigenvalue weighted by molar-refractivity contribution is 5.89. The molecule has 0 radical (unpaired) electrons. The van der Waals surface area contributed by atoms with E-state index < -0.39 is 0 Å². The minimum Gasteiger partial charge on any atom is -0.337 e. The summed E-state index contributed by atoms with van der Waals surface area (Å²) >= 11 is 0.